The van der Waals surface area contributed by atoms with Gasteiger partial charge in [0.2, 0.25) is 11.8 Å². The first-order valence-corrected chi connectivity index (χ1v) is 11.2. The van der Waals surface area contributed by atoms with Crippen LogP contribution in [-0.4, -0.2) is 55.5 Å². The summed E-state index contributed by atoms with van der Waals surface area (Å²) in [6.45, 7) is 4.18. The van der Waals surface area contributed by atoms with Crippen molar-refractivity contribution in [1.29, 1.82) is 0 Å². The summed E-state index contributed by atoms with van der Waals surface area (Å²) in [6.07, 6.45) is 0.807. The number of amides is 2. The molecule has 0 bridgehead atoms. The van der Waals surface area contributed by atoms with E-state index in [0.717, 1.165) is 22.9 Å². The summed E-state index contributed by atoms with van der Waals surface area (Å²) in [5, 5.41) is 22.2. The Balaban J connectivity index is 1.86. The van der Waals surface area contributed by atoms with E-state index in [1.54, 1.807) is 22.7 Å². The van der Waals surface area contributed by atoms with Gasteiger partial charge in [0, 0.05) is 12.1 Å². The van der Waals surface area contributed by atoms with Crippen LogP contribution in [0.3, 0.4) is 0 Å². The summed E-state index contributed by atoms with van der Waals surface area (Å²) in [5.41, 5.74) is 2.22. The molecule has 1 fully saturated rings. The number of thioether (sulfide) groups is 1. The lowest BCUT2D eigenvalue weighted by atomic mass is 9.98. The van der Waals surface area contributed by atoms with Crippen molar-refractivity contribution in [3.05, 3.63) is 53.3 Å². The Bertz CT molecular complexity index is 921. The maximum Gasteiger partial charge on any atom is 0.246 e. The molecule has 160 valence electrons. The van der Waals surface area contributed by atoms with Crippen LogP contribution in [-0.2, 0) is 22.6 Å². The molecule has 1 aromatic carbocycles. The first kappa shape index (κ1) is 22.0. The fourth-order valence-corrected chi connectivity index (χ4v) is 4.23. The monoisotopic (exact) mass is 429 g/mol. The zero-order chi connectivity index (χ0) is 21.7. The van der Waals surface area contributed by atoms with E-state index >= 15 is 0 Å². The Kier molecular flexibility index (Phi) is 7.20. The highest BCUT2D eigenvalue weighted by molar-refractivity contribution is 7.99. The highest BCUT2D eigenvalue weighted by Gasteiger charge is 2.40. The molecule has 2 heterocycles. The second kappa shape index (κ2) is 9.84. The number of aromatic hydroxyl groups is 2. The van der Waals surface area contributed by atoms with Crippen LogP contribution in [0.5, 0.6) is 11.5 Å². The van der Waals surface area contributed by atoms with Gasteiger partial charge in [0.05, 0.1) is 12.2 Å². The Morgan fingerprint density at radius 1 is 1.17 bits per heavy atom. The summed E-state index contributed by atoms with van der Waals surface area (Å²) in [4.78, 5) is 32.3. The second-order valence-corrected chi connectivity index (χ2v) is 8.72. The number of aromatic nitrogens is 1. The number of phenolic OH excluding ortho intramolecular Hbond substituents is 2. The molecule has 1 aliphatic rings. The Hall–Kier alpha value is -2.74. The summed E-state index contributed by atoms with van der Waals surface area (Å²) in [5.74, 6) is 0.927. The van der Waals surface area contributed by atoms with Crippen LogP contribution in [0.25, 0.3) is 0 Å². The van der Waals surface area contributed by atoms with E-state index in [0.29, 0.717) is 12.0 Å². The van der Waals surface area contributed by atoms with Crippen LogP contribution >= 0.6 is 11.8 Å². The van der Waals surface area contributed by atoms with Gasteiger partial charge in [-0.1, -0.05) is 19.1 Å². The number of carbonyl (C=O) groups excluding carboxylic acids is 2. The first-order chi connectivity index (χ1) is 14.4. The molecule has 1 saturated heterocycles. The molecule has 3 N–H and O–H groups in total. The fourth-order valence-electron chi connectivity index (χ4n) is 3.54. The third-order valence-corrected chi connectivity index (χ3v) is 6.01. The van der Waals surface area contributed by atoms with Crippen molar-refractivity contribution in [2.45, 2.75) is 45.3 Å². The quantitative estimate of drug-likeness (QED) is 0.440. The van der Waals surface area contributed by atoms with Crippen molar-refractivity contribution in [2.75, 3.05) is 11.5 Å². The van der Waals surface area contributed by atoms with Gasteiger partial charge >= 0.3 is 0 Å². The Morgan fingerprint density at radius 3 is 2.67 bits per heavy atom. The number of phenols is 2. The van der Waals surface area contributed by atoms with Gasteiger partial charge in [0.15, 0.2) is 11.5 Å². The minimum atomic E-state index is -0.723. The Labute approximate surface area is 180 Å². The molecule has 30 heavy (non-hydrogen) atoms. The van der Waals surface area contributed by atoms with E-state index in [-0.39, 0.29) is 36.3 Å². The van der Waals surface area contributed by atoms with Gasteiger partial charge in [-0.25, -0.2) is 0 Å². The molecule has 3 rings (SSSR count). The number of aryl methyl sites for hydroxylation is 1. The highest BCUT2D eigenvalue weighted by Crippen LogP contribution is 2.27. The number of nitrogens with one attached hydrogen (secondary N) is 1. The van der Waals surface area contributed by atoms with E-state index < -0.39 is 12.1 Å². The lowest BCUT2D eigenvalue weighted by Crippen LogP contribution is -2.63. The van der Waals surface area contributed by atoms with Crippen molar-refractivity contribution in [3.63, 3.8) is 0 Å². The molecule has 7 nitrogen and oxygen atoms in total. The molecule has 2 amide bonds. The maximum absolute atomic E-state index is 13.3. The summed E-state index contributed by atoms with van der Waals surface area (Å²) in [6, 6.07) is 8.78. The molecular formula is C22H27N3O4S. The molecule has 8 heteroatoms. The average Bonchev–Trinajstić information content (AvgIpc) is 2.71. The minimum absolute atomic E-state index is 0.123. The van der Waals surface area contributed by atoms with Crippen molar-refractivity contribution in [2.24, 2.45) is 0 Å². The first-order valence-electron chi connectivity index (χ1n) is 10.0. The SMILES string of the molecule is CCSCCC1NC(=O)C(Cc2ccc(O)c(O)c2)N(Cc2cccc(C)n2)C1=O. The van der Waals surface area contributed by atoms with Gasteiger partial charge in [-0.3, -0.25) is 14.6 Å². The van der Waals surface area contributed by atoms with Crippen molar-refractivity contribution in [3.8, 4) is 11.5 Å². The number of rotatable bonds is 8. The molecule has 1 aromatic heterocycles. The van der Waals surface area contributed by atoms with E-state index in [4.69, 9.17) is 0 Å². The maximum atomic E-state index is 13.3. The molecule has 0 spiro atoms. The number of benzene rings is 1. The van der Waals surface area contributed by atoms with Crippen LogP contribution in [0.15, 0.2) is 36.4 Å². The third kappa shape index (κ3) is 5.24. The predicted octanol–water partition coefficient (Wildman–Crippen LogP) is 2.38. The lowest BCUT2D eigenvalue weighted by molar-refractivity contribution is -0.150. The minimum Gasteiger partial charge on any atom is -0.504 e. The fraction of sp³-hybridized carbons (Fsp3) is 0.409. The predicted molar refractivity (Wildman–Crippen MR) is 116 cm³/mol. The van der Waals surface area contributed by atoms with Crippen LogP contribution in [0.2, 0.25) is 0 Å². The van der Waals surface area contributed by atoms with E-state index in [2.05, 4.69) is 17.2 Å². The van der Waals surface area contributed by atoms with Gasteiger partial charge in [-0.05, 0) is 54.7 Å². The number of nitrogens with zero attached hydrogens (tertiary/aromatic N) is 2. The van der Waals surface area contributed by atoms with E-state index in [9.17, 15) is 19.8 Å². The number of carbonyl (C=O) groups is 2. The molecular weight excluding hydrogens is 402 g/mol. The molecule has 1 aliphatic heterocycles. The van der Waals surface area contributed by atoms with Gasteiger partial charge in [0.25, 0.3) is 0 Å². The van der Waals surface area contributed by atoms with Gasteiger partial charge in [-0.2, -0.15) is 11.8 Å². The van der Waals surface area contributed by atoms with Crippen LogP contribution < -0.4 is 5.32 Å². The number of piperazine rings is 1. The molecule has 0 radical (unpaired) electrons. The Morgan fingerprint density at radius 2 is 1.97 bits per heavy atom. The lowest BCUT2D eigenvalue weighted by Gasteiger charge is -2.39. The molecule has 2 unspecified atom stereocenters. The summed E-state index contributed by atoms with van der Waals surface area (Å²) < 4.78 is 0. The zero-order valence-electron chi connectivity index (χ0n) is 17.2. The van der Waals surface area contributed by atoms with Gasteiger partial charge in [-0.15, -0.1) is 0 Å². The topological polar surface area (TPSA) is 103 Å². The third-order valence-electron chi connectivity index (χ3n) is 5.08. The largest absolute Gasteiger partial charge is 0.504 e. The van der Waals surface area contributed by atoms with Crippen LogP contribution in [0, 0.1) is 6.92 Å². The van der Waals surface area contributed by atoms with E-state index in [1.165, 1.54) is 12.1 Å². The molecule has 2 atom stereocenters. The van der Waals surface area contributed by atoms with E-state index in [1.807, 2.05) is 25.1 Å². The van der Waals surface area contributed by atoms with Gasteiger partial charge < -0.3 is 20.4 Å². The van der Waals surface area contributed by atoms with Crippen molar-refractivity contribution in [1.82, 2.24) is 15.2 Å². The molecule has 0 aliphatic carbocycles. The average molecular weight is 430 g/mol. The second-order valence-electron chi connectivity index (χ2n) is 7.33. The standard InChI is InChI=1S/C22H27N3O4S/c1-3-30-10-9-17-22(29)25(13-16-6-4-5-14(2)23-16)18(21(28)24-17)11-15-7-8-19(26)20(27)12-15/h4-8,12,17-18,26-27H,3,9-11,13H2,1-2H3,(H,24,28). The van der Waals surface area contributed by atoms with Crippen LogP contribution in [0.1, 0.15) is 30.3 Å². The normalized spacial score (nSPS) is 19.1. The number of pyridine rings is 1. The highest BCUT2D eigenvalue weighted by atomic mass is 32.2. The van der Waals surface area contributed by atoms with Crippen LogP contribution in [0.4, 0.5) is 0 Å². The van der Waals surface area contributed by atoms with Crippen molar-refractivity contribution >= 4 is 23.6 Å². The van der Waals surface area contributed by atoms with Crippen molar-refractivity contribution < 1.29 is 19.8 Å². The summed E-state index contributed by atoms with van der Waals surface area (Å²) >= 11 is 1.73. The van der Waals surface area contributed by atoms with Gasteiger partial charge in [0.1, 0.15) is 12.1 Å². The number of hydrogen-bond donors (Lipinski definition) is 3. The number of hydrogen-bond acceptors (Lipinski definition) is 6. The molecule has 0 saturated carbocycles. The smallest absolute Gasteiger partial charge is 0.246 e. The molecule has 2 aromatic rings. The summed E-state index contributed by atoms with van der Waals surface area (Å²) in [7, 11) is 0. The zero-order valence-corrected chi connectivity index (χ0v) is 18.0.